The number of benzene rings is 1. The van der Waals surface area contributed by atoms with E-state index in [0.717, 1.165) is 0 Å². The number of aromatic nitrogens is 1. The van der Waals surface area contributed by atoms with Crippen LogP contribution in [0.5, 0.6) is 11.5 Å². The Labute approximate surface area is 200 Å². The first-order chi connectivity index (χ1) is 16.5. The van der Waals surface area contributed by atoms with Gasteiger partial charge in [-0.25, -0.2) is 4.98 Å². The van der Waals surface area contributed by atoms with Gasteiger partial charge in [-0.05, 0) is 38.8 Å². The number of nitrogens with one attached hydrogen (secondary N) is 1. The topological polar surface area (TPSA) is 112 Å². The van der Waals surface area contributed by atoms with Gasteiger partial charge < -0.3 is 33.6 Å². The van der Waals surface area contributed by atoms with Gasteiger partial charge in [-0.2, -0.15) is 0 Å². The minimum atomic E-state index is -0.336. The normalized spacial score (nSPS) is 10.7. The molecule has 0 saturated heterocycles. The molecule has 1 N–H and O–H groups in total. The number of amides is 2. The van der Waals surface area contributed by atoms with Crippen LogP contribution >= 0.6 is 0 Å². The van der Waals surface area contributed by atoms with Crippen molar-refractivity contribution >= 4 is 11.8 Å². The van der Waals surface area contributed by atoms with Crippen LogP contribution in [0.2, 0.25) is 0 Å². The first-order valence-electron chi connectivity index (χ1n) is 11.4. The molecule has 1 aromatic carbocycles. The summed E-state index contributed by atoms with van der Waals surface area (Å²) >= 11 is 0. The average molecular weight is 478 g/mol. The van der Waals surface area contributed by atoms with Gasteiger partial charge in [0.1, 0.15) is 17.8 Å². The number of oxazole rings is 1. The van der Waals surface area contributed by atoms with Crippen molar-refractivity contribution in [2.24, 2.45) is 0 Å². The molecule has 2 rings (SSSR count). The Kier molecular flexibility index (Phi) is 11.9. The molecular formula is C24H35N3O7. The maximum Gasteiger partial charge on any atom is 0.273 e. The molecule has 10 heteroatoms. The van der Waals surface area contributed by atoms with E-state index in [1.54, 1.807) is 30.2 Å². The lowest BCUT2D eigenvalue weighted by Crippen LogP contribution is -2.32. The third-order valence-electron chi connectivity index (χ3n) is 4.91. The number of ether oxygens (including phenoxy) is 4. The second-order valence-corrected chi connectivity index (χ2v) is 7.28. The summed E-state index contributed by atoms with van der Waals surface area (Å²) in [6.45, 7) is 7.15. The van der Waals surface area contributed by atoms with Crippen LogP contribution in [0.1, 0.15) is 53.4 Å². The van der Waals surface area contributed by atoms with Crippen molar-refractivity contribution in [2.75, 3.05) is 53.7 Å². The van der Waals surface area contributed by atoms with Crippen molar-refractivity contribution in [1.82, 2.24) is 15.2 Å². The van der Waals surface area contributed by atoms with Crippen molar-refractivity contribution in [3.63, 3.8) is 0 Å². The van der Waals surface area contributed by atoms with E-state index in [-0.39, 0.29) is 29.9 Å². The highest BCUT2D eigenvalue weighted by Gasteiger charge is 2.23. The van der Waals surface area contributed by atoms with E-state index in [1.165, 1.54) is 13.4 Å². The molecule has 1 heterocycles. The lowest BCUT2D eigenvalue weighted by Gasteiger charge is -2.22. The second-order valence-electron chi connectivity index (χ2n) is 7.28. The Morgan fingerprint density at radius 1 is 1.06 bits per heavy atom. The molecule has 0 bridgehead atoms. The molecule has 10 nitrogen and oxygen atoms in total. The Hall–Kier alpha value is -3.11. The van der Waals surface area contributed by atoms with Gasteiger partial charge in [-0.1, -0.05) is 0 Å². The fourth-order valence-electron chi connectivity index (χ4n) is 3.16. The second kappa shape index (κ2) is 14.9. The zero-order chi connectivity index (χ0) is 24.8. The van der Waals surface area contributed by atoms with Crippen LogP contribution in [0.15, 0.2) is 28.9 Å². The predicted molar refractivity (Wildman–Crippen MR) is 125 cm³/mol. The fourth-order valence-corrected chi connectivity index (χ4v) is 3.16. The molecule has 1 aromatic heterocycles. The Bertz CT molecular complexity index is 900. The van der Waals surface area contributed by atoms with E-state index in [4.69, 9.17) is 23.4 Å². The Balaban J connectivity index is 2.10. The summed E-state index contributed by atoms with van der Waals surface area (Å²) in [4.78, 5) is 31.5. The number of hydrogen-bond acceptors (Lipinski definition) is 8. The van der Waals surface area contributed by atoms with Crippen molar-refractivity contribution < 1.29 is 33.0 Å². The summed E-state index contributed by atoms with van der Waals surface area (Å²) in [5.74, 6) is 0.657. The molecule has 0 radical (unpaired) electrons. The molecule has 0 spiro atoms. The summed E-state index contributed by atoms with van der Waals surface area (Å²) in [7, 11) is 3.05. The van der Waals surface area contributed by atoms with E-state index in [0.29, 0.717) is 69.4 Å². The number of carbonyl (C=O) groups is 2. The van der Waals surface area contributed by atoms with Crippen LogP contribution in [0, 0.1) is 0 Å². The van der Waals surface area contributed by atoms with Crippen molar-refractivity contribution in [1.29, 1.82) is 0 Å². The molecule has 0 unspecified atom stereocenters. The van der Waals surface area contributed by atoms with Gasteiger partial charge in [0.25, 0.3) is 11.8 Å². The number of nitrogens with zero attached hydrogens (tertiary/aromatic N) is 2. The minimum absolute atomic E-state index is 0.0950. The van der Waals surface area contributed by atoms with Gasteiger partial charge in [0, 0.05) is 45.6 Å². The number of carbonyl (C=O) groups excluding carboxylic acids is 2. The molecular weight excluding hydrogens is 442 g/mol. The van der Waals surface area contributed by atoms with Crippen LogP contribution in [0.25, 0.3) is 0 Å². The molecule has 0 saturated carbocycles. The maximum absolute atomic E-state index is 13.4. The summed E-state index contributed by atoms with van der Waals surface area (Å²) < 4.78 is 26.8. The highest BCUT2D eigenvalue weighted by molar-refractivity contribution is 5.97. The van der Waals surface area contributed by atoms with Gasteiger partial charge in [-0.3, -0.25) is 9.59 Å². The molecule has 0 aliphatic heterocycles. The monoisotopic (exact) mass is 477 g/mol. The van der Waals surface area contributed by atoms with E-state index < -0.39 is 0 Å². The smallest absolute Gasteiger partial charge is 0.273 e. The standard InChI is InChI=1S/C24H35N3O7/c1-5-32-13-7-11-25-23(28)20-17-34-22(26-20)16-27(12-8-14-33-6-2)24(29)19-10-9-18(30-3)15-21(19)31-4/h9-10,15,17H,5-8,11-14,16H2,1-4H3,(H,25,28). The first-order valence-corrected chi connectivity index (χ1v) is 11.4. The molecule has 34 heavy (non-hydrogen) atoms. The summed E-state index contributed by atoms with van der Waals surface area (Å²) in [6.07, 6.45) is 2.63. The lowest BCUT2D eigenvalue weighted by molar-refractivity contribution is 0.0692. The summed E-state index contributed by atoms with van der Waals surface area (Å²) in [5.41, 5.74) is 0.550. The van der Waals surface area contributed by atoms with E-state index in [9.17, 15) is 9.59 Å². The molecule has 0 atom stereocenters. The largest absolute Gasteiger partial charge is 0.497 e. The number of rotatable bonds is 16. The SMILES string of the molecule is CCOCCCNC(=O)c1coc(CN(CCCOCC)C(=O)c2ccc(OC)cc2OC)n1. The van der Waals surface area contributed by atoms with E-state index in [2.05, 4.69) is 10.3 Å². The van der Waals surface area contributed by atoms with E-state index >= 15 is 0 Å². The Morgan fingerprint density at radius 2 is 1.79 bits per heavy atom. The maximum atomic E-state index is 13.4. The van der Waals surface area contributed by atoms with Crippen LogP contribution in [-0.4, -0.2) is 75.4 Å². The van der Waals surface area contributed by atoms with Gasteiger partial charge >= 0.3 is 0 Å². The van der Waals surface area contributed by atoms with Crippen molar-refractivity contribution in [3.05, 3.63) is 41.6 Å². The van der Waals surface area contributed by atoms with Crippen molar-refractivity contribution in [3.8, 4) is 11.5 Å². The van der Waals surface area contributed by atoms with Crippen LogP contribution in [0.4, 0.5) is 0 Å². The van der Waals surface area contributed by atoms with Crippen molar-refractivity contribution in [2.45, 2.75) is 33.2 Å². The zero-order valence-corrected chi connectivity index (χ0v) is 20.4. The third kappa shape index (κ3) is 8.35. The highest BCUT2D eigenvalue weighted by atomic mass is 16.5. The van der Waals surface area contributed by atoms with Crippen LogP contribution in [0.3, 0.4) is 0 Å². The van der Waals surface area contributed by atoms with Crippen LogP contribution in [-0.2, 0) is 16.0 Å². The molecule has 2 amide bonds. The lowest BCUT2D eigenvalue weighted by atomic mass is 10.1. The first kappa shape index (κ1) is 27.1. The molecule has 0 aliphatic carbocycles. The van der Waals surface area contributed by atoms with Gasteiger partial charge in [0.15, 0.2) is 5.69 Å². The molecule has 188 valence electrons. The van der Waals surface area contributed by atoms with Gasteiger partial charge in [0.05, 0.1) is 26.3 Å². The summed E-state index contributed by atoms with van der Waals surface area (Å²) in [6, 6.07) is 5.02. The number of hydrogen-bond donors (Lipinski definition) is 1. The minimum Gasteiger partial charge on any atom is -0.497 e. The summed E-state index contributed by atoms with van der Waals surface area (Å²) in [5, 5.41) is 2.78. The predicted octanol–water partition coefficient (Wildman–Crippen LogP) is 2.92. The molecule has 0 aliphatic rings. The quantitative estimate of drug-likeness (QED) is 0.367. The van der Waals surface area contributed by atoms with E-state index in [1.807, 2.05) is 13.8 Å². The molecule has 2 aromatic rings. The molecule has 0 fully saturated rings. The highest BCUT2D eigenvalue weighted by Crippen LogP contribution is 2.26. The van der Waals surface area contributed by atoms with Gasteiger partial charge in [0.2, 0.25) is 5.89 Å². The number of methoxy groups -OCH3 is 2. The Morgan fingerprint density at radius 3 is 2.47 bits per heavy atom. The van der Waals surface area contributed by atoms with Gasteiger partial charge in [-0.15, -0.1) is 0 Å². The van der Waals surface area contributed by atoms with Crippen LogP contribution < -0.4 is 14.8 Å². The third-order valence-corrected chi connectivity index (χ3v) is 4.91. The fraction of sp³-hybridized carbons (Fsp3) is 0.542. The average Bonchev–Trinajstić information content (AvgIpc) is 3.33. The zero-order valence-electron chi connectivity index (χ0n) is 20.4.